The average molecular weight is 350 g/mol. The van der Waals surface area contributed by atoms with Crippen LogP contribution in [0.25, 0.3) is 10.8 Å². The van der Waals surface area contributed by atoms with Crippen LogP contribution in [-0.4, -0.2) is 19.2 Å². The van der Waals surface area contributed by atoms with Gasteiger partial charge in [0, 0.05) is 39.3 Å². The Bertz CT molecular complexity index is 775. The molecule has 0 bridgehead atoms. The van der Waals surface area contributed by atoms with Crippen LogP contribution < -0.4 is 0 Å². The van der Waals surface area contributed by atoms with Crippen molar-refractivity contribution in [1.82, 2.24) is 15.0 Å². The first-order valence-electron chi connectivity index (χ1n) is 6.52. The van der Waals surface area contributed by atoms with Crippen LogP contribution in [0.2, 0.25) is 5.02 Å². The molecule has 1 unspecified atom stereocenters. The molecule has 0 saturated carbocycles. The number of thiazole rings is 1. The van der Waals surface area contributed by atoms with Gasteiger partial charge < -0.3 is 0 Å². The first kappa shape index (κ1) is 15.3. The Morgan fingerprint density at radius 3 is 2.55 bits per heavy atom. The highest BCUT2D eigenvalue weighted by Gasteiger charge is 2.10. The molecule has 7 heteroatoms. The molecule has 4 nitrogen and oxygen atoms in total. The van der Waals surface area contributed by atoms with Crippen LogP contribution in [0.15, 0.2) is 48.1 Å². The van der Waals surface area contributed by atoms with Crippen LogP contribution in [0.1, 0.15) is 11.3 Å². The van der Waals surface area contributed by atoms with Gasteiger partial charge in [-0.15, -0.1) is 11.3 Å². The van der Waals surface area contributed by atoms with E-state index in [0.717, 1.165) is 16.3 Å². The lowest BCUT2D eigenvalue weighted by molar-refractivity contribution is 0.681. The number of benzene rings is 1. The molecule has 0 radical (unpaired) electrons. The Kier molecular flexibility index (Phi) is 4.92. The summed E-state index contributed by atoms with van der Waals surface area (Å²) in [5, 5.41) is 3.34. The second-order valence-electron chi connectivity index (χ2n) is 4.57. The number of rotatable bonds is 5. The molecule has 22 heavy (non-hydrogen) atoms. The summed E-state index contributed by atoms with van der Waals surface area (Å²) in [7, 11) is -1.01. The van der Waals surface area contributed by atoms with Crippen molar-refractivity contribution >= 4 is 33.7 Å². The van der Waals surface area contributed by atoms with E-state index in [1.165, 1.54) is 11.3 Å². The summed E-state index contributed by atoms with van der Waals surface area (Å²) in [5.74, 6) is 1.51. The highest BCUT2D eigenvalue weighted by molar-refractivity contribution is 7.83. The predicted octanol–water partition coefficient (Wildman–Crippen LogP) is 3.70. The van der Waals surface area contributed by atoms with Gasteiger partial charge in [0.2, 0.25) is 0 Å². The van der Waals surface area contributed by atoms with Gasteiger partial charge in [-0.25, -0.2) is 15.0 Å². The van der Waals surface area contributed by atoms with Crippen molar-refractivity contribution in [3.63, 3.8) is 0 Å². The van der Waals surface area contributed by atoms with E-state index in [9.17, 15) is 4.21 Å². The number of hydrogen-bond acceptors (Lipinski definition) is 5. The molecule has 0 spiro atoms. The Labute approximate surface area is 139 Å². The molecule has 2 aromatic heterocycles. The Balaban J connectivity index is 1.65. The molecule has 0 aliphatic heterocycles. The lowest BCUT2D eigenvalue weighted by Gasteiger charge is -2.01. The zero-order chi connectivity index (χ0) is 15.4. The molecule has 3 rings (SSSR count). The predicted molar refractivity (Wildman–Crippen MR) is 90.1 cm³/mol. The van der Waals surface area contributed by atoms with Crippen molar-refractivity contribution < 1.29 is 4.21 Å². The van der Waals surface area contributed by atoms with E-state index >= 15 is 0 Å². The van der Waals surface area contributed by atoms with Crippen molar-refractivity contribution in [3.8, 4) is 10.8 Å². The molecular weight excluding hydrogens is 338 g/mol. The molecule has 2 heterocycles. The molecule has 0 saturated heterocycles. The largest absolute Gasteiger partial charge is 0.259 e. The smallest absolute Gasteiger partial charge is 0.188 e. The van der Waals surface area contributed by atoms with Gasteiger partial charge in [-0.05, 0) is 23.8 Å². The van der Waals surface area contributed by atoms with Gasteiger partial charge in [0.15, 0.2) is 10.8 Å². The zero-order valence-electron chi connectivity index (χ0n) is 11.5. The van der Waals surface area contributed by atoms with Crippen LogP contribution in [0.5, 0.6) is 0 Å². The van der Waals surface area contributed by atoms with Crippen molar-refractivity contribution in [2.75, 3.05) is 0 Å². The first-order chi connectivity index (χ1) is 10.7. The number of nitrogens with zero attached hydrogens (tertiary/aromatic N) is 3. The molecule has 1 atom stereocenters. The Hall–Kier alpha value is -1.63. The Morgan fingerprint density at radius 1 is 1.09 bits per heavy atom. The average Bonchev–Trinajstić information content (AvgIpc) is 2.99. The molecule has 0 amide bonds. The second kappa shape index (κ2) is 7.09. The fourth-order valence-corrected chi connectivity index (χ4v) is 4.01. The maximum atomic E-state index is 12.2. The molecule has 0 aliphatic rings. The van der Waals surface area contributed by atoms with E-state index in [-0.39, 0.29) is 0 Å². The molecule has 3 aromatic rings. The molecular formula is C15H12ClN3OS2. The number of aromatic nitrogens is 3. The summed E-state index contributed by atoms with van der Waals surface area (Å²) < 4.78 is 12.2. The van der Waals surface area contributed by atoms with E-state index in [1.54, 1.807) is 18.5 Å². The van der Waals surface area contributed by atoms with E-state index in [2.05, 4.69) is 15.0 Å². The van der Waals surface area contributed by atoms with Gasteiger partial charge >= 0.3 is 0 Å². The Morgan fingerprint density at radius 2 is 1.82 bits per heavy atom. The van der Waals surface area contributed by atoms with Crippen molar-refractivity contribution in [1.29, 1.82) is 0 Å². The minimum absolute atomic E-state index is 0.423. The fraction of sp³-hybridized carbons (Fsp3) is 0.133. The highest BCUT2D eigenvalue weighted by Crippen LogP contribution is 2.21. The van der Waals surface area contributed by atoms with Crippen LogP contribution >= 0.6 is 22.9 Å². The maximum Gasteiger partial charge on any atom is 0.188 e. The second-order valence-corrected chi connectivity index (χ2v) is 7.32. The van der Waals surface area contributed by atoms with Gasteiger partial charge in [-0.1, -0.05) is 23.7 Å². The lowest BCUT2D eigenvalue weighted by atomic mass is 10.2. The maximum absolute atomic E-state index is 12.2. The van der Waals surface area contributed by atoms with E-state index in [1.807, 2.05) is 29.6 Å². The van der Waals surface area contributed by atoms with Gasteiger partial charge in [-0.3, -0.25) is 4.21 Å². The van der Waals surface area contributed by atoms with Crippen molar-refractivity contribution in [2.45, 2.75) is 11.5 Å². The SMILES string of the molecule is O=S(Cc1ccc(Cl)cc1)Cc1csc(-c2ncccn2)n1. The number of hydrogen-bond donors (Lipinski definition) is 0. The van der Waals surface area contributed by atoms with Crippen LogP contribution in [0.3, 0.4) is 0 Å². The summed E-state index contributed by atoms with van der Waals surface area (Å²) in [6, 6.07) is 9.16. The highest BCUT2D eigenvalue weighted by atomic mass is 35.5. The summed E-state index contributed by atoms with van der Waals surface area (Å²) in [6.45, 7) is 0. The quantitative estimate of drug-likeness (QED) is 0.704. The number of halogens is 1. The van der Waals surface area contributed by atoms with E-state index in [4.69, 9.17) is 11.6 Å². The third-order valence-electron chi connectivity index (χ3n) is 2.86. The molecule has 0 aliphatic carbocycles. The third-order valence-corrected chi connectivity index (χ3v) is 5.27. The normalized spacial score (nSPS) is 12.2. The topological polar surface area (TPSA) is 55.7 Å². The zero-order valence-corrected chi connectivity index (χ0v) is 13.9. The van der Waals surface area contributed by atoms with Crippen LogP contribution in [0, 0.1) is 0 Å². The minimum atomic E-state index is -1.01. The molecule has 112 valence electrons. The van der Waals surface area contributed by atoms with Gasteiger partial charge in [0.1, 0.15) is 0 Å². The first-order valence-corrected chi connectivity index (χ1v) is 9.26. The van der Waals surface area contributed by atoms with Gasteiger partial charge in [0.05, 0.1) is 11.4 Å². The fourth-order valence-electron chi connectivity index (χ4n) is 1.87. The van der Waals surface area contributed by atoms with Gasteiger partial charge in [0.25, 0.3) is 0 Å². The lowest BCUT2D eigenvalue weighted by Crippen LogP contribution is -2.00. The van der Waals surface area contributed by atoms with Crippen LogP contribution in [-0.2, 0) is 22.3 Å². The minimum Gasteiger partial charge on any atom is -0.259 e. The summed E-state index contributed by atoms with van der Waals surface area (Å²) in [4.78, 5) is 12.8. The van der Waals surface area contributed by atoms with Crippen molar-refractivity contribution in [3.05, 3.63) is 64.4 Å². The van der Waals surface area contributed by atoms with E-state index in [0.29, 0.717) is 22.4 Å². The third kappa shape index (κ3) is 3.97. The molecule has 1 aromatic carbocycles. The summed E-state index contributed by atoms with van der Waals surface area (Å²) >= 11 is 7.31. The van der Waals surface area contributed by atoms with Crippen LogP contribution in [0.4, 0.5) is 0 Å². The van der Waals surface area contributed by atoms with E-state index < -0.39 is 10.8 Å². The van der Waals surface area contributed by atoms with Gasteiger partial charge in [-0.2, -0.15) is 0 Å². The standard InChI is InChI=1S/C15H12ClN3OS2/c16-12-4-2-11(3-5-12)9-22(20)10-13-8-21-15(19-13)14-17-6-1-7-18-14/h1-8H,9-10H2. The van der Waals surface area contributed by atoms with Crippen molar-refractivity contribution in [2.24, 2.45) is 0 Å². The monoisotopic (exact) mass is 349 g/mol. The molecule has 0 N–H and O–H groups in total. The summed E-state index contributed by atoms with van der Waals surface area (Å²) in [5.41, 5.74) is 1.81. The summed E-state index contributed by atoms with van der Waals surface area (Å²) in [6.07, 6.45) is 3.37. The molecule has 0 fully saturated rings.